The monoisotopic (exact) mass is 275 g/mol. The maximum Gasteiger partial charge on any atom is 0.261 e. The molecule has 0 aromatic heterocycles. The van der Waals surface area contributed by atoms with E-state index in [1.165, 1.54) is 0 Å². The second-order valence-corrected chi connectivity index (χ2v) is 6.20. The van der Waals surface area contributed by atoms with Crippen LogP contribution in [0.4, 0.5) is 0 Å². The number of rotatable bonds is 3. The van der Waals surface area contributed by atoms with Crippen LogP contribution >= 0.6 is 0 Å². The Hall–Kier alpha value is -1.84. The Morgan fingerprint density at radius 1 is 1.30 bits per heavy atom. The number of benzene rings is 1. The smallest absolute Gasteiger partial charge is 0.261 e. The molecule has 0 saturated carbocycles. The molecular weight excluding hydrogens is 254 g/mol. The van der Waals surface area contributed by atoms with E-state index in [0.29, 0.717) is 18.6 Å². The number of carbonyl (C=O) groups is 2. The third kappa shape index (κ3) is 3.18. The van der Waals surface area contributed by atoms with Gasteiger partial charge in [-0.05, 0) is 40.2 Å². The van der Waals surface area contributed by atoms with Crippen LogP contribution in [-0.2, 0) is 11.2 Å². The van der Waals surface area contributed by atoms with E-state index in [4.69, 9.17) is 4.74 Å². The third-order valence-electron chi connectivity index (χ3n) is 3.21. The molecule has 0 aliphatic heterocycles. The molecule has 20 heavy (non-hydrogen) atoms. The van der Waals surface area contributed by atoms with Crippen molar-refractivity contribution in [1.29, 1.82) is 0 Å². The van der Waals surface area contributed by atoms with E-state index < -0.39 is 6.10 Å². The first kappa shape index (κ1) is 14.6. The highest BCUT2D eigenvalue weighted by Gasteiger charge is 2.25. The van der Waals surface area contributed by atoms with Crippen LogP contribution in [0.15, 0.2) is 18.2 Å². The standard InChI is InChI=1S/C16H21NO3/c1-10(15(19)17-16(2,3)4)20-14-7-5-6-11-12(14)8-9-13(11)18/h5-7,10H,8-9H2,1-4H3,(H,17,19). The van der Waals surface area contributed by atoms with Gasteiger partial charge < -0.3 is 10.1 Å². The summed E-state index contributed by atoms with van der Waals surface area (Å²) in [4.78, 5) is 23.7. The fourth-order valence-electron chi connectivity index (χ4n) is 2.28. The van der Waals surface area contributed by atoms with Gasteiger partial charge in [0.15, 0.2) is 11.9 Å². The van der Waals surface area contributed by atoms with Gasteiger partial charge in [-0.1, -0.05) is 12.1 Å². The number of ketones is 1. The van der Waals surface area contributed by atoms with Crippen LogP contribution in [-0.4, -0.2) is 23.3 Å². The van der Waals surface area contributed by atoms with Crippen molar-refractivity contribution < 1.29 is 14.3 Å². The van der Waals surface area contributed by atoms with Gasteiger partial charge in [-0.3, -0.25) is 9.59 Å². The summed E-state index contributed by atoms with van der Waals surface area (Å²) in [6.07, 6.45) is 0.632. The molecule has 1 N–H and O–H groups in total. The molecule has 0 saturated heterocycles. The Morgan fingerprint density at radius 3 is 2.65 bits per heavy atom. The highest BCUT2D eigenvalue weighted by molar-refractivity contribution is 6.01. The number of carbonyl (C=O) groups excluding carboxylic acids is 2. The lowest BCUT2D eigenvalue weighted by atomic mass is 10.1. The van der Waals surface area contributed by atoms with Crippen molar-refractivity contribution in [3.8, 4) is 5.75 Å². The molecule has 1 atom stereocenters. The van der Waals surface area contributed by atoms with Crippen molar-refractivity contribution in [3.63, 3.8) is 0 Å². The van der Waals surface area contributed by atoms with Crippen molar-refractivity contribution in [1.82, 2.24) is 5.32 Å². The normalized spacial score (nSPS) is 15.7. The highest BCUT2D eigenvalue weighted by atomic mass is 16.5. The SMILES string of the molecule is CC(Oc1cccc2c1CCC2=O)C(=O)NC(C)(C)C. The second kappa shape index (κ2) is 5.27. The van der Waals surface area contributed by atoms with Crippen molar-refractivity contribution in [2.45, 2.75) is 52.2 Å². The van der Waals surface area contributed by atoms with Crippen molar-refractivity contribution in [2.24, 2.45) is 0 Å². The van der Waals surface area contributed by atoms with Gasteiger partial charge in [-0.15, -0.1) is 0 Å². The number of fused-ring (bicyclic) bond motifs is 1. The van der Waals surface area contributed by atoms with Crippen LogP contribution in [0.25, 0.3) is 0 Å². The van der Waals surface area contributed by atoms with Crippen molar-refractivity contribution >= 4 is 11.7 Å². The van der Waals surface area contributed by atoms with Gasteiger partial charge in [0.1, 0.15) is 5.75 Å². The van der Waals surface area contributed by atoms with Crippen LogP contribution in [0.1, 0.15) is 50.0 Å². The van der Waals surface area contributed by atoms with Crippen LogP contribution < -0.4 is 10.1 Å². The zero-order valence-corrected chi connectivity index (χ0v) is 12.4. The van der Waals surface area contributed by atoms with E-state index in [1.807, 2.05) is 32.9 Å². The Balaban J connectivity index is 2.11. The molecule has 1 aliphatic carbocycles. The fraction of sp³-hybridized carbons (Fsp3) is 0.500. The molecule has 0 spiro atoms. The molecule has 0 fully saturated rings. The number of nitrogens with one attached hydrogen (secondary N) is 1. The number of ether oxygens (including phenoxy) is 1. The predicted octanol–water partition coefficient (Wildman–Crippen LogP) is 2.50. The largest absolute Gasteiger partial charge is 0.481 e. The topological polar surface area (TPSA) is 55.4 Å². The molecule has 0 bridgehead atoms. The summed E-state index contributed by atoms with van der Waals surface area (Å²) in [6, 6.07) is 5.43. The van der Waals surface area contributed by atoms with Gasteiger partial charge in [0, 0.05) is 23.1 Å². The van der Waals surface area contributed by atoms with E-state index in [9.17, 15) is 9.59 Å². The van der Waals surface area contributed by atoms with E-state index in [-0.39, 0.29) is 17.2 Å². The van der Waals surface area contributed by atoms with Crippen LogP contribution in [0.3, 0.4) is 0 Å². The van der Waals surface area contributed by atoms with Gasteiger partial charge in [0.25, 0.3) is 5.91 Å². The lowest BCUT2D eigenvalue weighted by Gasteiger charge is -2.24. The minimum atomic E-state index is -0.587. The molecule has 1 aromatic carbocycles. The average molecular weight is 275 g/mol. The summed E-state index contributed by atoms with van der Waals surface area (Å²) < 4.78 is 5.75. The number of hydrogen-bond acceptors (Lipinski definition) is 3. The molecule has 4 nitrogen and oxygen atoms in total. The lowest BCUT2D eigenvalue weighted by molar-refractivity contribution is -0.128. The van der Waals surface area contributed by atoms with Gasteiger partial charge in [0.05, 0.1) is 0 Å². The first-order chi connectivity index (χ1) is 9.28. The van der Waals surface area contributed by atoms with Crippen LogP contribution in [0.5, 0.6) is 5.75 Å². The van der Waals surface area contributed by atoms with E-state index in [0.717, 1.165) is 11.1 Å². The van der Waals surface area contributed by atoms with Gasteiger partial charge >= 0.3 is 0 Å². The molecule has 1 amide bonds. The molecule has 4 heteroatoms. The third-order valence-corrected chi connectivity index (χ3v) is 3.21. The lowest BCUT2D eigenvalue weighted by Crippen LogP contribution is -2.46. The molecule has 108 valence electrons. The highest BCUT2D eigenvalue weighted by Crippen LogP contribution is 2.31. The fourth-order valence-corrected chi connectivity index (χ4v) is 2.28. The second-order valence-electron chi connectivity index (χ2n) is 6.20. The predicted molar refractivity (Wildman–Crippen MR) is 77.1 cm³/mol. The van der Waals surface area contributed by atoms with Crippen molar-refractivity contribution in [2.75, 3.05) is 0 Å². The molecule has 0 heterocycles. The first-order valence-corrected chi connectivity index (χ1v) is 6.92. The molecule has 0 radical (unpaired) electrons. The Kier molecular flexibility index (Phi) is 3.84. The van der Waals surface area contributed by atoms with Crippen molar-refractivity contribution in [3.05, 3.63) is 29.3 Å². The maximum atomic E-state index is 12.0. The zero-order chi connectivity index (χ0) is 14.9. The number of Topliss-reactive ketones (excluding diaryl/α,β-unsaturated/α-hetero) is 1. The quantitative estimate of drug-likeness (QED) is 0.922. The minimum Gasteiger partial charge on any atom is -0.481 e. The van der Waals surface area contributed by atoms with Crippen LogP contribution in [0.2, 0.25) is 0 Å². The van der Waals surface area contributed by atoms with Gasteiger partial charge in [0.2, 0.25) is 0 Å². The summed E-state index contributed by atoms with van der Waals surface area (Å²) >= 11 is 0. The van der Waals surface area contributed by atoms with E-state index in [1.54, 1.807) is 13.0 Å². The average Bonchev–Trinajstić information content (AvgIpc) is 2.70. The first-order valence-electron chi connectivity index (χ1n) is 6.92. The number of hydrogen-bond donors (Lipinski definition) is 1. The summed E-state index contributed by atoms with van der Waals surface area (Å²) in [5.41, 5.74) is 1.36. The summed E-state index contributed by atoms with van der Waals surface area (Å²) in [6.45, 7) is 7.50. The van der Waals surface area contributed by atoms with Gasteiger partial charge in [-0.25, -0.2) is 0 Å². The number of amides is 1. The Morgan fingerprint density at radius 2 is 2.00 bits per heavy atom. The molecule has 1 aromatic rings. The minimum absolute atomic E-state index is 0.150. The molecule has 2 rings (SSSR count). The molecular formula is C16H21NO3. The Labute approximate surface area is 119 Å². The maximum absolute atomic E-state index is 12.0. The van der Waals surface area contributed by atoms with Crippen LogP contribution in [0, 0.1) is 0 Å². The molecule has 1 unspecified atom stereocenters. The summed E-state index contributed by atoms with van der Waals surface area (Å²) in [7, 11) is 0. The van der Waals surface area contributed by atoms with Gasteiger partial charge in [-0.2, -0.15) is 0 Å². The Bertz CT molecular complexity index is 543. The molecule has 1 aliphatic rings. The summed E-state index contributed by atoms with van der Waals surface area (Å²) in [5.74, 6) is 0.640. The van der Waals surface area contributed by atoms with E-state index in [2.05, 4.69) is 5.32 Å². The zero-order valence-electron chi connectivity index (χ0n) is 12.4. The summed E-state index contributed by atoms with van der Waals surface area (Å²) in [5, 5.41) is 2.88. The van der Waals surface area contributed by atoms with E-state index >= 15 is 0 Å².